The molecule has 132 valence electrons. The van der Waals surface area contributed by atoms with E-state index in [4.69, 9.17) is 0 Å². The van der Waals surface area contributed by atoms with Gasteiger partial charge in [0.1, 0.15) is 12.1 Å². The number of anilines is 1. The molecule has 0 spiro atoms. The molecule has 0 bridgehead atoms. The van der Waals surface area contributed by atoms with Gasteiger partial charge in [0.05, 0.1) is 5.69 Å². The van der Waals surface area contributed by atoms with Gasteiger partial charge in [-0.05, 0) is 37.3 Å². The minimum Gasteiger partial charge on any atom is -0.357 e. The average Bonchev–Trinajstić information content (AvgIpc) is 3.16. The normalized spacial score (nSPS) is 14.1. The van der Waals surface area contributed by atoms with Crippen LogP contribution in [0.2, 0.25) is 0 Å². The van der Waals surface area contributed by atoms with Gasteiger partial charge < -0.3 is 10.2 Å². The molecule has 0 unspecified atom stereocenters. The van der Waals surface area contributed by atoms with Gasteiger partial charge in [-0.15, -0.1) is 0 Å². The summed E-state index contributed by atoms with van der Waals surface area (Å²) < 4.78 is 0. The molecule has 1 N–H and O–H groups in total. The summed E-state index contributed by atoms with van der Waals surface area (Å²) in [6.45, 7) is 7.14. The molecule has 1 saturated heterocycles. The van der Waals surface area contributed by atoms with Gasteiger partial charge in [-0.2, -0.15) is 0 Å². The summed E-state index contributed by atoms with van der Waals surface area (Å²) in [4.78, 5) is 23.2. The summed E-state index contributed by atoms with van der Waals surface area (Å²) in [5, 5.41) is 2.96. The third kappa shape index (κ3) is 4.56. The van der Waals surface area contributed by atoms with Crippen molar-refractivity contribution >= 4 is 11.7 Å². The fourth-order valence-electron chi connectivity index (χ4n) is 2.99. The fraction of sp³-hybridized carbons (Fsp3) is 0.450. The monoisotopic (exact) mass is 338 g/mol. The Morgan fingerprint density at radius 1 is 1.16 bits per heavy atom. The van der Waals surface area contributed by atoms with Crippen LogP contribution in [0.25, 0.3) is 11.3 Å². The minimum atomic E-state index is -0.0207. The van der Waals surface area contributed by atoms with E-state index in [-0.39, 0.29) is 5.91 Å². The first-order valence-electron chi connectivity index (χ1n) is 9.09. The quantitative estimate of drug-likeness (QED) is 0.875. The number of amides is 1. The molecule has 1 aliphatic rings. The van der Waals surface area contributed by atoms with Gasteiger partial charge in [0.15, 0.2) is 0 Å². The molecule has 0 saturated carbocycles. The molecule has 3 rings (SSSR count). The Hall–Kier alpha value is -2.43. The molecule has 0 aliphatic carbocycles. The number of hydrogen-bond acceptors (Lipinski definition) is 4. The van der Waals surface area contributed by atoms with Gasteiger partial charge in [0, 0.05) is 36.8 Å². The molecular formula is C20H26N4O. The third-order valence-corrected chi connectivity index (χ3v) is 4.53. The molecular weight excluding hydrogens is 312 g/mol. The van der Waals surface area contributed by atoms with Gasteiger partial charge in [0.25, 0.3) is 5.91 Å². The van der Waals surface area contributed by atoms with Crippen LogP contribution < -0.4 is 10.2 Å². The van der Waals surface area contributed by atoms with Crippen molar-refractivity contribution in [1.82, 2.24) is 15.3 Å². The second kappa shape index (κ2) is 8.10. The van der Waals surface area contributed by atoms with E-state index >= 15 is 0 Å². The molecule has 1 aromatic carbocycles. The predicted molar refractivity (Wildman–Crippen MR) is 101 cm³/mol. The molecule has 2 heterocycles. The molecule has 5 nitrogen and oxygen atoms in total. The van der Waals surface area contributed by atoms with Crippen LogP contribution in [0.1, 0.15) is 43.5 Å². The Balaban J connectivity index is 1.67. The maximum atomic E-state index is 12.2. The zero-order valence-electron chi connectivity index (χ0n) is 15.0. The van der Waals surface area contributed by atoms with E-state index in [1.54, 1.807) is 6.33 Å². The van der Waals surface area contributed by atoms with E-state index < -0.39 is 0 Å². The van der Waals surface area contributed by atoms with Crippen LogP contribution in [0.4, 0.5) is 5.82 Å². The fourth-order valence-corrected chi connectivity index (χ4v) is 2.99. The van der Waals surface area contributed by atoms with Crippen LogP contribution in [0.15, 0.2) is 36.7 Å². The summed E-state index contributed by atoms with van der Waals surface area (Å²) >= 11 is 0. The Labute approximate surface area is 149 Å². The van der Waals surface area contributed by atoms with Crippen molar-refractivity contribution in [2.45, 2.75) is 33.1 Å². The minimum absolute atomic E-state index is 0.0207. The first kappa shape index (κ1) is 17.4. The summed E-state index contributed by atoms with van der Waals surface area (Å²) in [7, 11) is 0. The number of hydrogen-bond donors (Lipinski definition) is 1. The zero-order valence-corrected chi connectivity index (χ0v) is 15.0. The Morgan fingerprint density at radius 3 is 2.56 bits per heavy atom. The standard InChI is InChI=1S/C20H26N4O/c1-15(2)9-10-21-20(25)17-7-5-16(6-8-17)18-13-19(23-14-22-18)24-11-3-4-12-24/h5-8,13-15H,3-4,9-12H2,1-2H3,(H,21,25). The van der Waals surface area contributed by atoms with Crippen LogP contribution >= 0.6 is 0 Å². The smallest absolute Gasteiger partial charge is 0.251 e. The van der Waals surface area contributed by atoms with Crippen molar-refractivity contribution in [2.24, 2.45) is 5.92 Å². The molecule has 1 aromatic heterocycles. The zero-order chi connectivity index (χ0) is 17.6. The molecule has 1 aliphatic heterocycles. The van der Waals surface area contributed by atoms with Crippen molar-refractivity contribution in [2.75, 3.05) is 24.5 Å². The lowest BCUT2D eigenvalue weighted by Crippen LogP contribution is -2.25. The lowest BCUT2D eigenvalue weighted by atomic mass is 10.1. The lowest BCUT2D eigenvalue weighted by Gasteiger charge is -2.16. The van der Waals surface area contributed by atoms with Crippen LogP contribution in [-0.2, 0) is 0 Å². The second-order valence-corrected chi connectivity index (χ2v) is 6.97. The topological polar surface area (TPSA) is 58.1 Å². The number of aromatic nitrogens is 2. The van der Waals surface area contributed by atoms with Crippen LogP contribution in [0.3, 0.4) is 0 Å². The highest BCUT2D eigenvalue weighted by Gasteiger charge is 2.14. The van der Waals surface area contributed by atoms with E-state index in [1.165, 1.54) is 12.8 Å². The molecule has 1 amide bonds. The summed E-state index contributed by atoms with van der Waals surface area (Å²) in [6.07, 6.45) is 5.06. The van der Waals surface area contributed by atoms with Gasteiger partial charge in [-0.3, -0.25) is 4.79 Å². The number of benzene rings is 1. The predicted octanol–water partition coefficient (Wildman–Crippen LogP) is 3.52. The van der Waals surface area contributed by atoms with Crippen molar-refractivity contribution in [3.63, 3.8) is 0 Å². The maximum absolute atomic E-state index is 12.2. The molecule has 2 aromatic rings. The van der Waals surface area contributed by atoms with E-state index in [9.17, 15) is 4.79 Å². The lowest BCUT2D eigenvalue weighted by molar-refractivity contribution is 0.0952. The number of rotatable bonds is 6. The first-order valence-corrected chi connectivity index (χ1v) is 9.09. The number of carbonyl (C=O) groups is 1. The van der Waals surface area contributed by atoms with Crippen LogP contribution in [0, 0.1) is 5.92 Å². The highest BCUT2D eigenvalue weighted by molar-refractivity contribution is 5.94. The SMILES string of the molecule is CC(C)CCNC(=O)c1ccc(-c2cc(N3CCCC3)ncn2)cc1. The highest BCUT2D eigenvalue weighted by atomic mass is 16.1. The number of nitrogens with one attached hydrogen (secondary N) is 1. The van der Waals surface area contributed by atoms with Crippen molar-refractivity contribution < 1.29 is 4.79 Å². The van der Waals surface area contributed by atoms with Crippen LogP contribution in [0.5, 0.6) is 0 Å². The van der Waals surface area contributed by atoms with E-state index in [2.05, 4.69) is 34.0 Å². The molecule has 25 heavy (non-hydrogen) atoms. The van der Waals surface area contributed by atoms with Gasteiger partial charge in [0.2, 0.25) is 0 Å². The summed E-state index contributed by atoms with van der Waals surface area (Å²) in [5.41, 5.74) is 2.58. The Morgan fingerprint density at radius 2 is 1.88 bits per heavy atom. The number of nitrogens with zero attached hydrogens (tertiary/aromatic N) is 3. The van der Waals surface area contributed by atoms with Gasteiger partial charge in [-0.1, -0.05) is 26.0 Å². The molecule has 1 fully saturated rings. The summed E-state index contributed by atoms with van der Waals surface area (Å²) in [6, 6.07) is 9.65. The molecule has 0 atom stereocenters. The van der Waals surface area contributed by atoms with Crippen LogP contribution in [-0.4, -0.2) is 35.5 Å². The second-order valence-electron chi connectivity index (χ2n) is 6.97. The average molecular weight is 338 g/mol. The Bertz CT molecular complexity index is 706. The van der Waals surface area contributed by atoms with E-state index in [1.807, 2.05) is 30.3 Å². The highest BCUT2D eigenvalue weighted by Crippen LogP contribution is 2.23. The van der Waals surface area contributed by atoms with E-state index in [0.29, 0.717) is 18.0 Å². The third-order valence-electron chi connectivity index (χ3n) is 4.53. The summed E-state index contributed by atoms with van der Waals surface area (Å²) in [5.74, 6) is 1.55. The van der Waals surface area contributed by atoms with Crippen molar-refractivity contribution in [1.29, 1.82) is 0 Å². The maximum Gasteiger partial charge on any atom is 0.251 e. The van der Waals surface area contributed by atoms with Gasteiger partial charge >= 0.3 is 0 Å². The molecule has 0 radical (unpaired) electrons. The number of carbonyl (C=O) groups excluding carboxylic acids is 1. The van der Waals surface area contributed by atoms with Crippen molar-refractivity contribution in [3.8, 4) is 11.3 Å². The van der Waals surface area contributed by atoms with Crippen molar-refractivity contribution in [3.05, 3.63) is 42.2 Å². The largest absolute Gasteiger partial charge is 0.357 e. The Kier molecular flexibility index (Phi) is 5.64. The first-order chi connectivity index (χ1) is 12.1. The van der Waals surface area contributed by atoms with E-state index in [0.717, 1.165) is 36.6 Å². The molecule has 5 heteroatoms. The van der Waals surface area contributed by atoms with Gasteiger partial charge in [-0.25, -0.2) is 9.97 Å².